The molecule has 1 unspecified atom stereocenters. The van der Waals surface area contributed by atoms with Gasteiger partial charge in [-0.05, 0) is 31.9 Å². The predicted octanol–water partition coefficient (Wildman–Crippen LogP) is 1.56. The Morgan fingerprint density at radius 1 is 1.53 bits per heavy atom. The van der Waals surface area contributed by atoms with E-state index in [0.717, 1.165) is 12.8 Å². The molecule has 0 fully saturated rings. The molecule has 0 saturated heterocycles. The highest BCUT2D eigenvalue weighted by atomic mass is 16.3. The van der Waals surface area contributed by atoms with E-state index in [4.69, 9.17) is 5.73 Å². The number of carbonyl (C=O) groups excluding carboxylic acids is 1. The van der Waals surface area contributed by atoms with Crippen molar-refractivity contribution in [2.24, 2.45) is 5.73 Å². The van der Waals surface area contributed by atoms with Crippen molar-refractivity contribution in [1.82, 2.24) is 5.32 Å². The van der Waals surface area contributed by atoms with E-state index in [9.17, 15) is 9.90 Å². The topological polar surface area (TPSA) is 75.3 Å². The molecule has 4 nitrogen and oxygen atoms in total. The Morgan fingerprint density at radius 3 is 2.88 bits per heavy atom. The third-order valence-corrected chi connectivity index (χ3v) is 2.87. The first-order valence-corrected chi connectivity index (χ1v) is 5.88. The quantitative estimate of drug-likeness (QED) is 0.726. The third kappa shape index (κ3) is 3.75. The Kier molecular flexibility index (Phi) is 4.97. The number of nitrogens with two attached hydrogens (primary N) is 1. The molecular weight excluding hydrogens is 216 g/mol. The molecule has 0 aliphatic carbocycles. The molecule has 94 valence electrons. The van der Waals surface area contributed by atoms with E-state index < -0.39 is 0 Å². The lowest BCUT2D eigenvalue weighted by atomic mass is 10.1. The average molecular weight is 236 g/mol. The minimum atomic E-state index is -0.165. The van der Waals surface area contributed by atoms with Crippen LogP contribution in [0.4, 0.5) is 0 Å². The summed E-state index contributed by atoms with van der Waals surface area (Å²) in [5.74, 6) is -0.0235. The third-order valence-electron chi connectivity index (χ3n) is 2.87. The van der Waals surface area contributed by atoms with Gasteiger partial charge in [0.15, 0.2) is 0 Å². The van der Waals surface area contributed by atoms with Crippen molar-refractivity contribution < 1.29 is 9.90 Å². The zero-order chi connectivity index (χ0) is 12.8. The molecule has 1 amide bonds. The zero-order valence-electron chi connectivity index (χ0n) is 10.4. The molecule has 0 heterocycles. The minimum absolute atomic E-state index is 0.126. The fraction of sp³-hybridized carbons (Fsp3) is 0.462. The van der Waals surface area contributed by atoms with Crippen LogP contribution < -0.4 is 11.1 Å². The first-order valence-electron chi connectivity index (χ1n) is 5.88. The second-order valence-corrected chi connectivity index (χ2v) is 4.16. The number of hydrogen-bond donors (Lipinski definition) is 3. The van der Waals surface area contributed by atoms with Gasteiger partial charge in [-0.2, -0.15) is 0 Å². The van der Waals surface area contributed by atoms with E-state index in [-0.39, 0.29) is 17.7 Å². The van der Waals surface area contributed by atoms with E-state index in [1.54, 1.807) is 25.1 Å². The van der Waals surface area contributed by atoms with Gasteiger partial charge in [0.2, 0.25) is 0 Å². The lowest BCUT2D eigenvalue weighted by Gasteiger charge is -2.11. The maximum atomic E-state index is 11.8. The highest BCUT2D eigenvalue weighted by molar-refractivity contribution is 5.96. The average Bonchev–Trinajstić information content (AvgIpc) is 2.32. The van der Waals surface area contributed by atoms with Gasteiger partial charge in [0.1, 0.15) is 5.75 Å². The van der Waals surface area contributed by atoms with Crippen LogP contribution >= 0.6 is 0 Å². The van der Waals surface area contributed by atoms with E-state index in [1.807, 2.05) is 6.92 Å². The van der Waals surface area contributed by atoms with Gasteiger partial charge in [-0.25, -0.2) is 0 Å². The van der Waals surface area contributed by atoms with E-state index in [2.05, 4.69) is 5.32 Å². The molecule has 0 aliphatic rings. The summed E-state index contributed by atoms with van der Waals surface area (Å²) < 4.78 is 0. The Bertz CT molecular complexity index is 391. The fourth-order valence-corrected chi connectivity index (χ4v) is 1.54. The number of rotatable bonds is 5. The normalized spacial score (nSPS) is 12.2. The van der Waals surface area contributed by atoms with Gasteiger partial charge < -0.3 is 16.2 Å². The van der Waals surface area contributed by atoms with Crippen molar-refractivity contribution in [2.45, 2.75) is 32.7 Å². The lowest BCUT2D eigenvalue weighted by Crippen LogP contribution is -2.30. The Balaban J connectivity index is 2.56. The van der Waals surface area contributed by atoms with Crippen LogP contribution in [-0.4, -0.2) is 23.6 Å². The summed E-state index contributed by atoms with van der Waals surface area (Å²) in [6, 6.07) is 5.05. The van der Waals surface area contributed by atoms with Gasteiger partial charge >= 0.3 is 0 Å². The summed E-state index contributed by atoms with van der Waals surface area (Å²) in [5, 5.41) is 12.3. The van der Waals surface area contributed by atoms with Crippen LogP contribution in [-0.2, 0) is 0 Å². The Hall–Kier alpha value is -1.55. The van der Waals surface area contributed by atoms with Crippen molar-refractivity contribution in [2.75, 3.05) is 6.54 Å². The van der Waals surface area contributed by atoms with Crippen LogP contribution in [0.25, 0.3) is 0 Å². The van der Waals surface area contributed by atoms with Gasteiger partial charge in [-0.15, -0.1) is 0 Å². The van der Waals surface area contributed by atoms with Gasteiger partial charge in [-0.3, -0.25) is 4.79 Å². The van der Waals surface area contributed by atoms with Gasteiger partial charge in [0, 0.05) is 23.7 Å². The number of aromatic hydroxyl groups is 1. The molecule has 0 saturated carbocycles. The maximum absolute atomic E-state index is 11.8. The van der Waals surface area contributed by atoms with E-state index >= 15 is 0 Å². The molecule has 1 rings (SSSR count). The summed E-state index contributed by atoms with van der Waals surface area (Å²) in [5.41, 5.74) is 6.87. The van der Waals surface area contributed by atoms with Crippen LogP contribution in [0, 0.1) is 6.92 Å². The second kappa shape index (κ2) is 6.25. The summed E-state index contributed by atoms with van der Waals surface area (Å²) in [6.07, 6.45) is 1.67. The number of benzene rings is 1. The Morgan fingerprint density at radius 2 is 2.24 bits per heavy atom. The lowest BCUT2D eigenvalue weighted by molar-refractivity contribution is 0.0951. The van der Waals surface area contributed by atoms with Gasteiger partial charge in [0.25, 0.3) is 5.91 Å². The molecule has 0 bridgehead atoms. The molecule has 1 aromatic rings. The van der Waals surface area contributed by atoms with Crippen LogP contribution in [0.5, 0.6) is 5.75 Å². The number of amides is 1. The molecule has 4 N–H and O–H groups in total. The van der Waals surface area contributed by atoms with Crippen LogP contribution in [0.1, 0.15) is 35.7 Å². The van der Waals surface area contributed by atoms with Gasteiger partial charge in [-0.1, -0.05) is 13.0 Å². The summed E-state index contributed by atoms with van der Waals surface area (Å²) >= 11 is 0. The van der Waals surface area contributed by atoms with E-state index in [1.165, 1.54) is 0 Å². The molecule has 0 aliphatic heterocycles. The van der Waals surface area contributed by atoms with Gasteiger partial charge in [0.05, 0.1) is 0 Å². The number of hydrogen-bond acceptors (Lipinski definition) is 3. The molecule has 0 radical (unpaired) electrons. The molecular formula is C13H20N2O2. The van der Waals surface area contributed by atoms with Crippen molar-refractivity contribution in [3.63, 3.8) is 0 Å². The number of nitrogens with one attached hydrogen (secondary N) is 1. The Labute approximate surface area is 102 Å². The summed E-state index contributed by atoms with van der Waals surface area (Å²) in [7, 11) is 0. The molecule has 0 aromatic heterocycles. The fourth-order valence-electron chi connectivity index (χ4n) is 1.54. The molecule has 0 spiro atoms. The maximum Gasteiger partial charge on any atom is 0.251 e. The standard InChI is InChI=1S/C13H20N2O2/c1-3-10(14)7-8-15-13(17)11-5-4-6-12(16)9(11)2/h4-6,10,16H,3,7-8,14H2,1-2H3,(H,15,17). The van der Waals surface area contributed by atoms with Crippen molar-refractivity contribution >= 4 is 5.91 Å². The zero-order valence-corrected chi connectivity index (χ0v) is 10.4. The van der Waals surface area contributed by atoms with E-state index in [0.29, 0.717) is 17.7 Å². The first-order chi connectivity index (χ1) is 8.06. The smallest absolute Gasteiger partial charge is 0.251 e. The number of carbonyl (C=O) groups is 1. The monoisotopic (exact) mass is 236 g/mol. The first kappa shape index (κ1) is 13.5. The van der Waals surface area contributed by atoms with Crippen molar-refractivity contribution in [1.29, 1.82) is 0 Å². The SMILES string of the molecule is CCC(N)CCNC(=O)c1cccc(O)c1C. The second-order valence-electron chi connectivity index (χ2n) is 4.16. The van der Waals surface area contributed by atoms with Crippen molar-refractivity contribution in [3.8, 4) is 5.75 Å². The summed E-state index contributed by atoms with van der Waals surface area (Å²) in [6.45, 7) is 4.30. The van der Waals surface area contributed by atoms with Crippen LogP contribution in [0.2, 0.25) is 0 Å². The number of phenolic OH excluding ortho intramolecular Hbond substituents is 1. The highest BCUT2D eigenvalue weighted by Crippen LogP contribution is 2.19. The molecule has 1 aromatic carbocycles. The molecule has 1 atom stereocenters. The molecule has 4 heteroatoms. The molecule has 17 heavy (non-hydrogen) atoms. The van der Waals surface area contributed by atoms with Crippen LogP contribution in [0.3, 0.4) is 0 Å². The number of phenols is 1. The predicted molar refractivity (Wildman–Crippen MR) is 68.1 cm³/mol. The highest BCUT2D eigenvalue weighted by Gasteiger charge is 2.10. The summed E-state index contributed by atoms with van der Waals surface area (Å²) in [4.78, 5) is 11.8. The van der Waals surface area contributed by atoms with Crippen LogP contribution in [0.15, 0.2) is 18.2 Å². The largest absolute Gasteiger partial charge is 0.508 e. The van der Waals surface area contributed by atoms with Crippen molar-refractivity contribution in [3.05, 3.63) is 29.3 Å². The minimum Gasteiger partial charge on any atom is -0.508 e.